The van der Waals surface area contributed by atoms with Crippen LogP contribution < -0.4 is 15.4 Å². The van der Waals surface area contributed by atoms with Crippen LogP contribution in [0, 0.1) is 0 Å². The van der Waals surface area contributed by atoms with Crippen LogP contribution in [0.4, 0.5) is 11.4 Å². The topological polar surface area (TPSA) is 39.3 Å². The highest BCUT2D eigenvalue weighted by Gasteiger charge is 2.17. The van der Waals surface area contributed by atoms with E-state index >= 15 is 0 Å². The molecule has 1 N–H and O–H groups in total. The number of hydrogen-bond acceptors (Lipinski definition) is 3. The molecule has 0 radical (unpaired) electrons. The molecule has 1 fully saturated rings. The third-order valence-electron chi connectivity index (χ3n) is 5.13. The van der Waals surface area contributed by atoms with Gasteiger partial charge in [-0.3, -0.25) is 4.79 Å². The van der Waals surface area contributed by atoms with Crippen molar-refractivity contribution in [2.24, 2.45) is 0 Å². The van der Waals surface area contributed by atoms with Crippen molar-refractivity contribution in [1.29, 1.82) is 0 Å². The Labute approximate surface area is 186 Å². The average Bonchev–Trinajstić information content (AvgIpc) is 2.74. The summed E-state index contributed by atoms with van der Waals surface area (Å²) in [5.41, 5.74) is 4.60. The van der Waals surface area contributed by atoms with E-state index in [1.807, 2.05) is 36.4 Å². The van der Waals surface area contributed by atoms with Gasteiger partial charge in [0.2, 0.25) is 0 Å². The third kappa shape index (κ3) is 4.89. The minimum absolute atomic E-state index is 0. The van der Waals surface area contributed by atoms with Crippen LogP contribution in [0.25, 0.3) is 11.3 Å². The Balaban J connectivity index is 0.00000240. The maximum absolute atomic E-state index is 12.0. The predicted molar refractivity (Wildman–Crippen MR) is 125 cm³/mol. The number of piperazine rings is 1. The van der Waals surface area contributed by atoms with Gasteiger partial charge >= 0.3 is 0 Å². The lowest BCUT2D eigenvalue weighted by atomic mass is 10.1. The summed E-state index contributed by atoms with van der Waals surface area (Å²) in [5.74, 6) is 0.218. The molecule has 4 rings (SSSR count). The van der Waals surface area contributed by atoms with Gasteiger partial charge in [-0.05, 0) is 42.0 Å². The average molecular weight is 451 g/mol. The normalized spacial score (nSPS) is 13.9. The number of rotatable bonds is 4. The Morgan fingerprint density at radius 3 is 2.10 bits per heavy atom. The van der Waals surface area contributed by atoms with Gasteiger partial charge in [0.1, 0.15) is 0 Å². The smallest absolute Gasteiger partial charge is 0.252 e. The van der Waals surface area contributed by atoms with E-state index in [0.717, 1.165) is 42.5 Å². The molecule has 152 valence electrons. The van der Waals surface area contributed by atoms with Crippen molar-refractivity contribution in [3.05, 3.63) is 81.6 Å². The lowest BCUT2D eigenvalue weighted by molar-refractivity contribution is 0.653. The van der Waals surface area contributed by atoms with Crippen molar-refractivity contribution in [3.63, 3.8) is 0 Å². The second-order valence-corrected chi connectivity index (χ2v) is 7.56. The van der Waals surface area contributed by atoms with Gasteiger partial charge in [-0.15, -0.1) is 24.0 Å². The standard InChI is InChI=1S/C22H21Cl2N3O.ClH/c23-15-17-6-9-21(25-22(17)28)16-4-7-19(8-5-16)26-10-12-27(13-11-26)20-3-1-2-18(24)14-20;/h1-9,14H,10-13,15H2,(H,25,28);1H. The van der Waals surface area contributed by atoms with Gasteiger partial charge in [0.25, 0.3) is 5.56 Å². The number of nitrogens with zero attached hydrogens (tertiary/aromatic N) is 2. The van der Waals surface area contributed by atoms with Crippen LogP contribution >= 0.6 is 35.6 Å². The number of nitrogens with one attached hydrogen (secondary N) is 1. The van der Waals surface area contributed by atoms with Crippen molar-refractivity contribution in [3.8, 4) is 11.3 Å². The van der Waals surface area contributed by atoms with Crippen LogP contribution in [0.5, 0.6) is 0 Å². The van der Waals surface area contributed by atoms with Crippen LogP contribution in [0.3, 0.4) is 0 Å². The molecule has 4 nitrogen and oxygen atoms in total. The fourth-order valence-electron chi connectivity index (χ4n) is 3.52. The highest BCUT2D eigenvalue weighted by molar-refractivity contribution is 6.30. The number of benzene rings is 2. The van der Waals surface area contributed by atoms with E-state index < -0.39 is 0 Å². The summed E-state index contributed by atoms with van der Waals surface area (Å²) in [7, 11) is 0. The first-order valence-corrected chi connectivity index (χ1v) is 10.2. The number of alkyl halides is 1. The number of H-pyrrole nitrogens is 1. The van der Waals surface area contributed by atoms with Crippen LogP contribution in [-0.4, -0.2) is 31.2 Å². The molecule has 3 aromatic rings. The molecule has 0 aliphatic carbocycles. The summed E-state index contributed by atoms with van der Waals surface area (Å²) < 4.78 is 0. The third-order valence-corrected chi connectivity index (χ3v) is 5.65. The van der Waals surface area contributed by atoms with Crippen molar-refractivity contribution in [1.82, 2.24) is 4.98 Å². The monoisotopic (exact) mass is 449 g/mol. The van der Waals surface area contributed by atoms with Gasteiger partial charge in [-0.25, -0.2) is 0 Å². The van der Waals surface area contributed by atoms with Gasteiger partial charge < -0.3 is 14.8 Å². The summed E-state index contributed by atoms with van der Waals surface area (Å²) in [4.78, 5) is 19.6. The largest absolute Gasteiger partial charge is 0.368 e. The second kappa shape index (κ2) is 9.57. The van der Waals surface area contributed by atoms with E-state index in [9.17, 15) is 4.79 Å². The summed E-state index contributed by atoms with van der Waals surface area (Å²) in [6, 6.07) is 20.0. The molecule has 7 heteroatoms. The number of halogens is 3. The zero-order chi connectivity index (χ0) is 19.5. The van der Waals surface area contributed by atoms with Gasteiger partial charge in [-0.1, -0.05) is 35.9 Å². The molecule has 0 atom stereocenters. The maximum atomic E-state index is 12.0. The van der Waals surface area contributed by atoms with Gasteiger partial charge in [0.15, 0.2) is 0 Å². The lowest BCUT2D eigenvalue weighted by Gasteiger charge is -2.37. The summed E-state index contributed by atoms with van der Waals surface area (Å²) in [5, 5.41) is 0.771. The fourth-order valence-corrected chi connectivity index (χ4v) is 3.92. The Morgan fingerprint density at radius 2 is 1.52 bits per heavy atom. The van der Waals surface area contributed by atoms with E-state index in [4.69, 9.17) is 23.2 Å². The van der Waals surface area contributed by atoms with E-state index in [0.29, 0.717) is 5.56 Å². The second-order valence-electron chi connectivity index (χ2n) is 6.86. The first-order chi connectivity index (χ1) is 13.6. The molecule has 0 bridgehead atoms. The van der Waals surface area contributed by atoms with Crippen LogP contribution in [0.1, 0.15) is 5.56 Å². The van der Waals surface area contributed by atoms with Crippen molar-refractivity contribution in [2.45, 2.75) is 5.88 Å². The number of pyridine rings is 1. The van der Waals surface area contributed by atoms with Crippen LogP contribution in [0.15, 0.2) is 65.5 Å². The molecule has 0 saturated carbocycles. The van der Waals surface area contributed by atoms with Gasteiger partial charge in [0, 0.05) is 53.8 Å². The molecule has 2 heterocycles. The molecule has 2 aromatic carbocycles. The number of aromatic nitrogens is 1. The molecule has 0 spiro atoms. The number of anilines is 2. The van der Waals surface area contributed by atoms with Gasteiger partial charge in [-0.2, -0.15) is 0 Å². The molecule has 1 saturated heterocycles. The van der Waals surface area contributed by atoms with E-state index in [2.05, 4.69) is 33.0 Å². The molecule has 0 unspecified atom stereocenters. The minimum Gasteiger partial charge on any atom is -0.368 e. The summed E-state index contributed by atoms with van der Waals surface area (Å²) in [6.07, 6.45) is 0. The minimum atomic E-state index is -0.131. The highest BCUT2D eigenvalue weighted by Crippen LogP contribution is 2.25. The first kappa shape index (κ1) is 21.6. The quantitative estimate of drug-likeness (QED) is 0.557. The Morgan fingerprint density at radius 1 is 0.862 bits per heavy atom. The Bertz CT molecular complexity index is 1010. The molecule has 1 aliphatic heterocycles. The Hall–Kier alpha value is -2.14. The van der Waals surface area contributed by atoms with Gasteiger partial charge in [0.05, 0.1) is 5.88 Å². The van der Waals surface area contributed by atoms with E-state index in [1.54, 1.807) is 6.07 Å². The van der Waals surface area contributed by atoms with Crippen LogP contribution in [0.2, 0.25) is 5.02 Å². The SMILES string of the molecule is Cl.O=c1[nH]c(-c2ccc(N3CCN(c4cccc(Cl)c4)CC3)cc2)ccc1CCl. The van der Waals surface area contributed by atoms with E-state index in [-0.39, 0.29) is 23.8 Å². The molecule has 0 amide bonds. The molecule has 29 heavy (non-hydrogen) atoms. The maximum Gasteiger partial charge on any atom is 0.252 e. The molecule has 1 aromatic heterocycles. The zero-order valence-corrected chi connectivity index (χ0v) is 18.1. The predicted octanol–water partition coefficient (Wildman–Crippen LogP) is 5.18. The van der Waals surface area contributed by atoms with Crippen LogP contribution in [-0.2, 0) is 5.88 Å². The first-order valence-electron chi connectivity index (χ1n) is 9.28. The fraction of sp³-hybridized carbons (Fsp3) is 0.227. The molecular formula is C22H22Cl3N3O. The Kier molecular flexibility index (Phi) is 7.12. The van der Waals surface area contributed by atoms with Crippen molar-refractivity contribution in [2.75, 3.05) is 36.0 Å². The summed E-state index contributed by atoms with van der Waals surface area (Å²) >= 11 is 11.9. The highest BCUT2D eigenvalue weighted by atomic mass is 35.5. The molecular weight excluding hydrogens is 429 g/mol. The lowest BCUT2D eigenvalue weighted by Crippen LogP contribution is -2.46. The van der Waals surface area contributed by atoms with Crippen molar-refractivity contribution < 1.29 is 0 Å². The summed E-state index contributed by atoms with van der Waals surface area (Å²) in [6.45, 7) is 3.81. The van der Waals surface area contributed by atoms with E-state index in [1.165, 1.54) is 11.4 Å². The molecule has 1 aliphatic rings. The number of hydrogen-bond donors (Lipinski definition) is 1. The number of aromatic amines is 1. The van der Waals surface area contributed by atoms with Crippen molar-refractivity contribution >= 4 is 47.0 Å². The zero-order valence-electron chi connectivity index (χ0n) is 15.8.